The molecule has 5 rings (SSSR count). The van der Waals surface area contributed by atoms with Crippen LogP contribution in [-0.2, 0) is 19.2 Å². The monoisotopic (exact) mass is 346 g/mol. The number of ether oxygens (including phenoxy) is 2. The highest BCUT2D eigenvalue weighted by Crippen LogP contribution is 2.61. The van der Waals surface area contributed by atoms with Gasteiger partial charge in [0.2, 0.25) is 17.8 Å². The molecule has 24 heavy (non-hydrogen) atoms. The Hall–Kier alpha value is -0.725. The predicted octanol–water partition coefficient (Wildman–Crippen LogP) is 3.10. The van der Waals surface area contributed by atoms with Gasteiger partial charge in [0.15, 0.2) is 5.60 Å². The first-order valence-corrected chi connectivity index (χ1v) is 8.73. The van der Waals surface area contributed by atoms with Crippen molar-refractivity contribution in [2.24, 2.45) is 17.8 Å². The van der Waals surface area contributed by atoms with Crippen molar-refractivity contribution in [3.8, 4) is 0 Å². The summed E-state index contributed by atoms with van der Waals surface area (Å²) >= 11 is 0. The molecular formula is C16H22BF3O4. The highest BCUT2D eigenvalue weighted by atomic mass is 19.4. The predicted molar refractivity (Wildman–Crippen MR) is 80.3 cm³/mol. The number of hydrogen-bond donors (Lipinski definition) is 0. The van der Waals surface area contributed by atoms with Gasteiger partial charge in [-0.3, -0.25) is 0 Å². The average molecular weight is 346 g/mol. The van der Waals surface area contributed by atoms with Crippen LogP contribution >= 0.6 is 0 Å². The first kappa shape index (κ1) is 16.7. The van der Waals surface area contributed by atoms with E-state index in [1.54, 1.807) is 14.8 Å². The van der Waals surface area contributed by atoms with Crippen molar-refractivity contribution in [1.82, 2.24) is 0 Å². The van der Waals surface area contributed by atoms with E-state index in [0.29, 0.717) is 18.8 Å². The molecule has 1 saturated carbocycles. The first-order valence-electron chi connectivity index (χ1n) is 8.73. The fourth-order valence-corrected chi connectivity index (χ4v) is 5.14. The smallest absolute Gasteiger partial charge is 0.448 e. The topological polar surface area (TPSA) is 36.9 Å². The van der Waals surface area contributed by atoms with E-state index in [4.69, 9.17) is 19.2 Å². The minimum absolute atomic E-state index is 0.0573. The summed E-state index contributed by atoms with van der Waals surface area (Å²) in [7, 11) is 1.74. The summed E-state index contributed by atoms with van der Waals surface area (Å²) in [6.07, 6.45) is -2.45. The van der Waals surface area contributed by atoms with E-state index in [1.165, 1.54) is 0 Å². The molecule has 0 aromatic heterocycles. The fourth-order valence-electron chi connectivity index (χ4n) is 5.14. The molecule has 0 amide bonds. The largest absolute Gasteiger partial charge is 0.456 e. The highest BCUT2D eigenvalue weighted by Gasteiger charge is 2.69. The molecule has 8 heteroatoms. The Bertz CT molecular complexity index is 580. The number of alkyl halides is 3. The lowest BCUT2D eigenvalue weighted by atomic mass is 9.58. The molecule has 4 nitrogen and oxygen atoms in total. The Balaban J connectivity index is 1.88. The summed E-state index contributed by atoms with van der Waals surface area (Å²) in [5, 5.41) is 0. The van der Waals surface area contributed by atoms with Gasteiger partial charge in [-0.05, 0) is 37.7 Å². The van der Waals surface area contributed by atoms with E-state index in [9.17, 15) is 13.2 Å². The first-order chi connectivity index (χ1) is 11.2. The van der Waals surface area contributed by atoms with Gasteiger partial charge in [0.1, 0.15) is 7.85 Å². The lowest BCUT2D eigenvalue weighted by Crippen LogP contribution is -2.67. The second-order valence-electron chi connectivity index (χ2n) is 7.68. The van der Waals surface area contributed by atoms with Crippen molar-refractivity contribution in [2.75, 3.05) is 0 Å². The minimum atomic E-state index is -4.53. The van der Waals surface area contributed by atoms with Gasteiger partial charge in [-0.1, -0.05) is 13.2 Å². The summed E-state index contributed by atoms with van der Waals surface area (Å²) in [5.41, 5.74) is -0.693. The van der Waals surface area contributed by atoms with Crippen LogP contribution in [0.2, 0.25) is 6.32 Å². The number of rotatable bonds is 1. The van der Waals surface area contributed by atoms with Crippen LogP contribution in [0, 0.1) is 17.8 Å². The maximum Gasteiger partial charge on any atom is 0.448 e. The normalized spacial score (nSPS) is 47.9. The lowest BCUT2D eigenvalue weighted by molar-refractivity contribution is -0.557. The van der Waals surface area contributed by atoms with Gasteiger partial charge in [-0.25, -0.2) is 9.78 Å². The highest BCUT2D eigenvalue weighted by molar-refractivity contribution is 6.10. The Morgan fingerprint density at radius 1 is 1.21 bits per heavy atom. The number of hydrogen-bond acceptors (Lipinski definition) is 4. The SMILES string of the molecule is BCC1=C(C(F)(F)F)O[C@@H]2O[C@]3(C)CCC4[C@H](C)CC[C@@H]1[C@]42OO3. The van der Waals surface area contributed by atoms with E-state index in [0.717, 1.165) is 12.8 Å². The molecule has 3 saturated heterocycles. The van der Waals surface area contributed by atoms with Crippen molar-refractivity contribution >= 4 is 7.85 Å². The summed E-state index contributed by atoms with van der Waals surface area (Å²) < 4.78 is 52.0. The van der Waals surface area contributed by atoms with E-state index < -0.39 is 29.6 Å². The van der Waals surface area contributed by atoms with E-state index in [2.05, 4.69) is 6.92 Å². The zero-order valence-electron chi connectivity index (χ0n) is 14.1. The molecule has 0 aromatic carbocycles. The maximum atomic E-state index is 13.6. The third-order valence-electron chi connectivity index (χ3n) is 6.29. The molecule has 134 valence electrons. The van der Waals surface area contributed by atoms with Crippen LogP contribution in [0.25, 0.3) is 0 Å². The molecule has 1 aliphatic carbocycles. The molecule has 5 aliphatic rings. The number of allylic oxidation sites excluding steroid dienone is 1. The maximum absolute atomic E-state index is 13.6. The summed E-state index contributed by atoms with van der Waals surface area (Å²) in [5.74, 6) is -1.95. The molecule has 0 aromatic rings. The fraction of sp³-hybridized carbons (Fsp3) is 0.875. The van der Waals surface area contributed by atoms with Crippen molar-refractivity contribution in [1.29, 1.82) is 0 Å². The number of halogens is 3. The second-order valence-corrected chi connectivity index (χ2v) is 7.68. The number of fused-ring (bicyclic) bond motifs is 2. The van der Waals surface area contributed by atoms with Gasteiger partial charge in [-0.2, -0.15) is 13.2 Å². The zero-order chi connectivity index (χ0) is 17.3. The Kier molecular flexibility index (Phi) is 3.58. The Morgan fingerprint density at radius 2 is 1.96 bits per heavy atom. The van der Waals surface area contributed by atoms with Crippen molar-refractivity contribution in [3.63, 3.8) is 0 Å². The molecular weight excluding hydrogens is 324 g/mol. The molecule has 1 spiro atoms. The quantitative estimate of drug-likeness (QED) is 0.540. The van der Waals surface area contributed by atoms with Crippen molar-refractivity contribution in [3.05, 3.63) is 11.3 Å². The third-order valence-corrected chi connectivity index (χ3v) is 6.29. The third kappa shape index (κ3) is 2.12. The molecule has 4 heterocycles. The lowest BCUT2D eigenvalue weighted by Gasteiger charge is -2.57. The van der Waals surface area contributed by atoms with Crippen LogP contribution in [0.15, 0.2) is 11.3 Å². The molecule has 1 unspecified atom stereocenters. The molecule has 2 bridgehead atoms. The Labute approximate surface area is 140 Å². The van der Waals surface area contributed by atoms with Crippen LogP contribution in [0.1, 0.15) is 39.5 Å². The average Bonchev–Trinajstić information content (AvgIpc) is 2.74. The van der Waals surface area contributed by atoms with E-state index in [1.807, 2.05) is 0 Å². The van der Waals surface area contributed by atoms with Gasteiger partial charge in [-0.15, -0.1) is 0 Å². The zero-order valence-corrected chi connectivity index (χ0v) is 14.1. The van der Waals surface area contributed by atoms with Gasteiger partial charge < -0.3 is 9.47 Å². The molecule has 0 radical (unpaired) electrons. The second kappa shape index (κ2) is 5.14. The van der Waals surface area contributed by atoms with Crippen LogP contribution in [-0.4, -0.2) is 31.7 Å². The van der Waals surface area contributed by atoms with Gasteiger partial charge in [0.05, 0.1) is 0 Å². The summed E-state index contributed by atoms with van der Waals surface area (Å²) in [6.45, 7) is 3.83. The van der Waals surface area contributed by atoms with Crippen LogP contribution in [0.4, 0.5) is 13.2 Å². The van der Waals surface area contributed by atoms with Crippen molar-refractivity contribution in [2.45, 2.75) is 69.7 Å². The summed E-state index contributed by atoms with van der Waals surface area (Å²) in [6, 6.07) is 0. The summed E-state index contributed by atoms with van der Waals surface area (Å²) in [4.78, 5) is 11.4. The molecule has 0 N–H and O–H groups in total. The molecule has 4 fully saturated rings. The van der Waals surface area contributed by atoms with Crippen LogP contribution in [0.5, 0.6) is 0 Å². The Morgan fingerprint density at radius 3 is 2.62 bits per heavy atom. The van der Waals surface area contributed by atoms with Gasteiger partial charge in [0, 0.05) is 18.3 Å². The minimum Gasteiger partial charge on any atom is -0.456 e. The standard InChI is InChI=1S/C16H22BF3O4/c1-8-3-4-11-9(7-17)12(16(18,19)20)21-13-15(11)10(8)5-6-14(2,22-13)23-24-15/h8,10-11,13H,3-7,17H2,1-2H3/t8-,10?,11+,13-,14+,15-/m1/s1. The van der Waals surface area contributed by atoms with Gasteiger partial charge in [0.25, 0.3) is 0 Å². The van der Waals surface area contributed by atoms with Crippen LogP contribution < -0.4 is 0 Å². The van der Waals surface area contributed by atoms with Crippen molar-refractivity contribution < 1.29 is 32.4 Å². The van der Waals surface area contributed by atoms with Crippen LogP contribution in [0.3, 0.4) is 0 Å². The molecule has 6 atom stereocenters. The van der Waals surface area contributed by atoms with E-state index in [-0.39, 0.29) is 23.7 Å². The molecule has 4 aliphatic heterocycles. The van der Waals surface area contributed by atoms with Gasteiger partial charge >= 0.3 is 6.18 Å². The van der Waals surface area contributed by atoms with E-state index >= 15 is 0 Å².